The third kappa shape index (κ3) is 5.88. The van der Waals surface area contributed by atoms with E-state index in [1.807, 2.05) is 52.0 Å². The molecule has 0 aliphatic carbocycles. The molecule has 8 nitrogen and oxygen atoms in total. The molecule has 0 saturated heterocycles. The van der Waals surface area contributed by atoms with Crippen molar-refractivity contribution < 1.29 is 23.9 Å². The molecule has 9 heteroatoms. The minimum Gasteiger partial charge on any atom is -0.494 e. The molecule has 1 aliphatic heterocycles. The van der Waals surface area contributed by atoms with Crippen molar-refractivity contribution in [1.82, 2.24) is 10.2 Å². The van der Waals surface area contributed by atoms with Gasteiger partial charge in [0.1, 0.15) is 11.8 Å². The first-order valence-electron chi connectivity index (χ1n) is 11.6. The number of hydrogen-bond acceptors (Lipinski definition) is 5. The maximum atomic E-state index is 13.6. The van der Waals surface area contributed by atoms with Crippen LogP contribution in [0, 0.1) is 5.92 Å². The summed E-state index contributed by atoms with van der Waals surface area (Å²) in [4.78, 5) is 42.4. The summed E-state index contributed by atoms with van der Waals surface area (Å²) in [6.07, 6.45) is 0. The number of halogens is 1. The van der Waals surface area contributed by atoms with Gasteiger partial charge in [0.2, 0.25) is 0 Å². The van der Waals surface area contributed by atoms with Crippen molar-refractivity contribution in [3.8, 4) is 5.75 Å². The number of para-hydroxylation sites is 1. The lowest BCUT2D eigenvalue weighted by Gasteiger charge is -2.31. The Morgan fingerprint density at radius 2 is 1.89 bits per heavy atom. The van der Waals surface area contributed by atoms with Gasteiger partial charge in [0.25, 0.3) is 5.91 Å². The zero-order valence-electron chi connectivity index (χ0n) is 20.7. The van der Waals surface area contributed by atoms with E-state index in [0.29, 0.717) is 28.6 Å². The highest BCUT2D eigenvalue weighted by atomic mass is 35.5. The third-order valence-corrected chi connectivity index (χ3v) is 6.30. The normalized spacial score (nSPS) is 16.3. The molecule has 35 heavy (non-hydrogen) atoms. The molecule has 2 aromatic carbocycles. The number of fused-ring (bicyclic) bond motifs is 1. The molecular formula is C26H32ClN3O5. The smallest absolute Gasteiger partial charge is 0.328 e. The van der Waals surface area contributed by atoms with Crippen LogP contribution in [-0.4, -0.2) is 55.2 Å². The number of nitrogens with one attached hydrogen (secondary N) is 1. The number of rotatable bonds is 6. The molecule has 2 aromatic rings. The quantitative estimate of drug-likeness (QED) is 0.589. The Labute approximate surface area is 211 Å². The minimum absolute atomic E-state index is 0.152. The van der Waals surface area contributed by atoms with Crippen LogP contribution in [0.25, 0.3) is 0 Å². The van der Waals surface area contributed by atoms with Gasteiger partial charge in [-0.3, -0.25) is 4.79 Å². The number of amides is 3. The highest BCUT2D eigenvalue weighted by Gasteiger charge is 2.34. The van der Waals surface area contributed by atoms with Crippen molar-refractivity contribution in [2.45, 2.75) is 46.3 Å². The van der Waals surface area contributed by atoms with Crippen LogP contribution in [0.3, 0.4) is 0 Å². The molecule has 3 amide bonds. The molecule has 0 saturated carbocycles. The number of methoxy groups -OCH3 is 1. The van der Waals surface area contributed by atoms with E-state index < -0.39 is 18.0 Å². The first-order chi connectivity index (χ1) is 16.7. The lowest BCUT2D eigenvalue weighted by molar-refractivity contribution is -0.144. The number of hydrogen-bond donors (Lipinski definition) is 1. The number of anilines is 1. The van der Waals surface area contributed by atoms with Gasteiger partial charge in [-0.25, -0.2) is 9.59 Å². The Hall–Kier alpha value is -3.26. The minimum atomic E-state index is -0.779. The first-order valence-corrected chi connectivity index (χ1v) is 12.0. The average Bonchev–Trinajstić information content (AvgIpc) is 2.98. The van der Waals surface area contributed by atoms with Gasteiger partial charge >= 0.3 is 12.0 Å². The van der Waals surface area contributed by atoms with Crippen molar-refractivity contribution in [1.29, 1.82) is 0 Å². The maximum absolute atomic E-state index is 13.6. The third-order valence-electron chi connectivity index (χ3n) is 5.99. The van der Waals surface area contributed by atoms with Crippen LogP contribution in [0.2, 0.25) is 5.02 Å². The van der Waals surface area contributed by atoms with Gasteiger partial charge in [-0.15, -0.1) is 0 Å². The second-order valence-corrected chi connectivity index (χ2v) is 9.20. The molecule has 0 spiro atoms. The first kappa shape index (κ1) is 26.3. The molecule has 0 radical (unpaired) electrons. The molecule has 0 unspecified atom stereocenters. The van der Waals surface area contributed by atoms with Crippen LogP contribution >= 0.6 is 11.6 Å². The molecule has 0 fully saturated rings. The van der Waals surface area contributed by atoms with Crippen molar-refractivity contribution in [3.63, 3.8) is 0 Å². The Morgan fingerprint density at radius 1 is 1.17 bits per heavy atom. The monoisotopic (exact) mass is 501 g/mol. The summed E-state index contributed by atoms with van der Waals surface area (Å²) in [5.74, 6) is -0.333. The number of nitrogens with zero attached hydrogens (tertiary/aromatic N) is 2. The van der Waals surface area contributed by atoms with E-state index in [1.54, 1.807) is 28.0 Å². The van der Waals surface area contributed by atoms with Crippen LogP contribution in [0.4, 0.5) is 10.5 Å². The zero-order chi connectivity index (χ0) is 25.7. The SMILES string of the molecule is CCOc1ccc(C(=O)N2C[C@@H](C)N(C(=O)N[C@H](C(=O)OC)C(C)C)Cc3ccccc32)c(Cl)c1. The van der Waals surface area contributed by atoms with Crippen molar-refractivity contribution in [2.24, 2.45) is 5.92 Å². The predicted molar refractivity (Wildman–Crippen MR) is 135 cm³/mol. The van der Waals surface area contributed by atoms with Gasteiger partial charge in [0.05, 0.1) is 24.3 Å². The van der Waals surface area contributed by atoms with Crippen LogP contribution in [-0.2, 0) is 16.1 Å². The van der Waals surface area contributed by atoms with Gasteiger partial charge < -0.3 is 24.6 Å². The summed E-state index contributed by atoms with van der Waals surface area (Å²) >= 11 is 6.45. The molecular weight excluding hydrogens is 470 g/mol. The summed E-state index contributed by atoms with van der Waals surface area (Å²) < 4.78 is 10.3. The molecule has 1 heterocycles. The van der Waals surface area contributed by atoms with Crippen LogP contribution in [0.15, 0.2) is 42.5 Å². The molecule has 188 valence electrons. The number of benzene rings is 2. The van der Waals surface area contributed by atoms with Gasteiger partial charge in [-0.2, -0.15) is 0 Å². The van der Waals surface area contributed by atoms with Crippen LogP contribution in [0.5, 0.6) is 5.75 Å². The Balaban J connectivity index is 1.91. The summed E-state index contributed by atoms with van der Waals surface area (Å²) in [6.45, 7) is 8.43. The standard InChI is InChI=1S/C26H32ClN3O5/c1-6-35-19-11-12-20(21(27)13-19)24(31)30-14-17(4)29(15-18-9-7-8-10-22(18)30)26(33)28-23(16(2)3)25(32)34-5/h7-13,16-17,23H,6,14-15H2,1-5H3,(H,28,33)/t17-,23+/m1/s1. The molecule has 1 aliphatic rings. The van der Waals surface area contributed by atoms with Crippen molar-refractivity contribution >= 4 is 35.2 Å². The predicted octanol–water partition coefficient (Wildman–Crippen LogP) is 4.50. The van der Waals surface area contributed by atoms with Gasteiger partial charge in [0, 0.05) is 24.8 Å². The zero-order valence-corrected chi connectivity index (χ0v) is 21.5. The summed E-state index contributed by atoms with van der Waals surface area (Å²) in [5, 5.41) is 3.10. The highest BCUT2D eigenvalue weighted by Crippen LogP contribution is 2.31. The second-order valence-electron chi connectivity index (χ2n) is 8.79. The summed E-state index contributed by atoms with van der Waals surface area (Å²) in [7, 11) is 1.30. The molecule has 1 N–H and O–H groups in total. The number of carbonyl (C=O) groups excluding carboxylic acids is 3. The van der Waals surface area contributed by atoms with Crippen molar-refractivity contribution in [3.05, 3.63) is 58.6 Å². The number of carbonyl (C=O) groups is 3. The maximum Gasteiger partial charge on any atom is 0.328 e. The lowest BCUT2D eigenvalue weighted by Crippen LogP contribution is -2.53. The Kier molecular flexibility index (Phi) is 8.62. The summed E-state index contributed by atoms with van der Waals surface area (Å²) in [6, 6.07) is 10.9. The van der Waals surface area contributed by atoms with E-state index in [1.165, 1.54) is 7.11 Å². The fourth-order valence-electron chi connectivity index (χ4n) is 4.08. The van der Waals surface area contributed by atoms with Gasteiger partial charge in [-0.05, 0) is 49.6 Å². The highest BCUT2D eigenvalue weighted by molar-refractivity contribution is 6.34. The molecule has 2 atom stereocenters. The number of urea groups is 1. The Bertz CT molecular complexity index is 1090. The van der Waals surface area contributed by atoms with E-state index >= 15 is 0 Å². The largest absolute Gasteiger partial charge is 0.494 e. The molecule has 0 bridgehead atoms. The van der Waals surface area contributed by atoms with Crippen LogP contribution < -0.4 is 15.0 Å². The second kappa shape index (κ2) is 11.4. The molecule has 0 aromatic heterocycles. The van der Waals surface area contributed by atoms with Crippen LogP contribution in [0.1, 0.15) is 43.6 Å². The fourth-order valence-corrected chi connectivity index (χ4v) is 4.34. The van der Waals surface area contributed by atoms with E-state index in [4.69, 9.17) is 21.1 Å². The van der Waals surface area contributed by atoms with E-state index in [9.17, 15) is 14.4 Å². The lowest BCUT2D eigenvalue weighted by atomic mass is 10.1. The number of esters is 1. The number of ether oxygens (including phenoxy) is 2. The van der Waals surface area contributed by atoms with Gasteiger partial charge in [-0.1, -0.05) is 43.6 Å². The van der Waals surface area contributed by atoms with Gasteiger partial charge in [0.15, 0.2) is 0 Å². The molecule has 3 rings (SSSR count). The fraction of sp³-hybridized carbons (Fsp3) is 0.423. The topological polar surface area (TPSA) is 88.2 Å². The Morgan fingerprint density at radius 3 is 2.51 bits per heavy atom. The van der Waals surface area contributed by atoms with E-state index in [0.717, 1.165) is 5.56 Å². The van der Waals surface area contributed by atoms with Crippen molar-refractivity contribution in [2.75, 3.05) is 25.2 Å². The summed E-state index contributed by atoms with van der Waals surface area (Å²) in [5.41, 5.74) is 1.86. The van der Waals surface area contributed by atoms with E-state index in [2.05, 4.69) is 5.32 Å². The van der Waals surface area contributed by atoms with E-state index in [-0.39, 0.29) is 31.0 Å². The average molecular weight is 502 g/mol.